The van der Waals surface area contributed by atoms with Gasteiger partial charge in [0.15, 0.2) is 0 Å². The number of aliphatic carboxylic acids is 1. The number of nitrogens with zero attached hydrogens (tertiary/aromatic N) is 2. The van der Waals surface area contributed by atoms with Crippen LogP contribution in [0.3, 0.4) is 0 Å². The Morgan fingerprint density at radius 1 is 1.30 bits per heavy atom. The van der Waals surface area contributed by atoms with Crippen LogP contribution in [0.15, 0.2) is 16.6 Å². The van der Waals surface area contributed by atoms with Gasteiger partial charge < -0.3 is 5.11 Å². The fourth-order valence-electron chi connectivity index (χ4n) is 2.58. The van der Waals surface area contributed by atoms with Crippen molar-refractivity contribution in [3.05, 3.63) is 39.0 Å². The van der Waals surface area contributed by atoms with E-state index in [1.807, 2.05) is 13.8 Å². The van der Waals surface area contributed by atoms with Crippen LogP contribution < -0.4 is 0 Å². The molecule has 1 aromatic carbocycles. The highest BCUT2D eigenvalue weighted by Crippen LogP contribution is 2.35. The molecule has 0 amide bonds. The zero-order valence-electron chi connectivity index (χ0n) is 12.0. The molecular formula is C15H17BrN2O2. The largest absolute Gasteiger partial charge is 0.481 e. The van der Waals surface area contributed by atoms with Crippen LogP contribution in [0.4, 0.5) is 0 Å². The molecule has 0 saturated heterocycles. The average Bonchev–Trinajstić information content (AvgIpc) is 2.55. The Labute approximate surface area is 126 Å². The SMILES string of the molecule is Cc1cc(C)c(-c2nn(C)c(CC(=O)O)c2Br)c(C)c1. The number of rotatable bonds is 3. The zero-order valence-corrected chi connectivity index (χ0v) is 13.6. The summed E-state index contributed by atoms with van der Waals surface area (Å²) in [5, 5.41) is 13.5. The van der Waals surface area contributed by atoms with Crippen molar-refractivity contribution in [3.63, 3.8) is 0 Å². The summed E-state index contributed by atoms with van der Waals surface area (Å²) in [6.45, 7) is 6.16. The third-order valence-electron chi connectivity index (χ3n) is 3.33. The van der Waals surface area contributed by atoms with E-state index in [0.29, 0.717) is 5.69 Å². The molecule has 0 atom stereocenters. The quantitative estimate of drug-likeness (QED) is 0.934. The van der Waals surface area contributed by atoms with Crippen molar-refractivity contribution in [3.8, 4) is 11.3 Å². The molecule has 2 rings (SSSR count). The molecule has 2 aromatic rings. The maximum Gasteiger partial charge on any atom is 0.309 e. The van der Waals surface area contributed by atoms with Gasteiger partial charge in [0.05, 0.1) is 16.6 Å². The second-order valence-electron chi connectivity index (χ2n) is 5.08. The van der Waals surface area contributed by atoms with Crippen molar-refractivity contribution in [2.45, 2.75) is 27.2 Å². The molecular weight excluding hydrogens is 320 g/mol. The number of carbonyl (C=O) groups is 1. The van der Waals surface area contributed by atoms with Crippen molar-refractivity contribution in [1.82, 2.24) is 9.78 Å². The summed E-state index contributed by atoms with van der Waals surface area (Å²) >= 11 is 3.51. The summed E-state index contributed by atoms with van der Waals surface area (Å²) in [7, 11) is 1.77. The lowest BCUT2D eigenvalue weighted by molar-refractivity contribution is -0.136. The van der Waals surface area contributed by atoms with Crippen molar-refractivity contribution >= 4 is 21.9 Å². The number of halogens is 1. The fraction of sp³-hybridized carbons (Fsp3) is 0.333. The van der Waals surface area contributed by atoms with E-state index >= 15 is 0 Å². The van der Waals surface area contributed by atoms with Crippen molar-refractivity contribution < 1.29 is 9.90 Å². The van der Waals surface area contributed by atoms with Gasteiger partial charge in [-0.25, -0.2) is 0 Å². The van der Waals surface area contributed by atoms with Gasteiger partial charge in [-0.1, -0.05) is 17.7 Å². The maximum atomic E-state index is 10.9. The Morgan fingerprint density at radius 3 is 2.35 bits per heavy atom. The summed E-state index contributed by atoms with van der Waals surface area (Å²) < 4.78 is 2.39. The molecule has 20 heavy (non-hydrogen) atoms. The zero-order chi connectivity index (χ0) is 15.0. The Hall–Kier alpha value is -1.62. The van der Waals surface area contributed by atoms with E-state index < -0.39 is 5.97 Å². The number of benzene rings is 1. The van der Waals surface area contributed by atoms with Crippen LogP contribution in [-0.2, 0) is 18.3 Å². The Kier molecular flexibility index (Phi) is 3.99. The van der Waals surface area contributed by atoms with E-state index in [1.54, 1.807) is 11.7 Å². The normalized spacial score (nSPS) is 10.8. The molecule has 0 aliphatic heterocycles. The van der Waals surface area contributed by atoms with Crippen LogP contribution in [0.2, 0.25) is 0 Å². The molecule has 0 aliphatic rings. The van der Waals surface area contributed by atoms with Crippen LogP contribution in [0.5, 0.6) is 0 Å². The number of carboxylic acid groups (broad SMARTS) is 1. The minimum atomic E-state index is -0.863. The molecule has 1 heterocycles. The maximum absolute atomic E-state index is 10.9. The highest BCUT2D eigenvalue weighted by Gasteiger charge is 2.20. The average molecular weight is 337 g/mol. The van der Waals surface area contributed by atoms with E-state index in [1.165, 1.54) is 5.56 Å². The molecule has 0 saturated carbocycles. The molecule has 0 spiro atoms. The Balaban J connectivity index is 2.63. The summed E-state index contributed by atoms with van der Waals surface area (Å²) in [4.78, 5) is 10.9. The van der Waals surface area contributed by atoms with Crippen LogP contribution in [-0.4, -0.2) is 20.9 Å². The lowest BCUT2D eigenvalue weighted by Gasteiger charge is -2.09. The van der Waals surface area contributed by atoms with Crippen LogP contribution in [0, 0.1) is 20.8 Å². The molecule has 1 N–H and O–H groups in total. The summed E-state index contributed by atoms with van der Waals surface area (Å²) in [5.74, 6) is -0.863. The lowest BCUT2D eigenvalue weighted by atomic mass is 9.97. The first-order valence-electron chi connectivity index (χ1n) is 6.32. The molecule has 0 bridgehead atoms. The molecule has 4 nitrogen and oxygen atoms in total. The Morgan fingerprint density at radius 2 is 1.85 bits per heavy atom. The van der Waals surface area contributed by atoms with Gasteiger partial charge in [0.25, 0.3) is 0 Å². The Bertz CT molecular complexity index is 666. The first kappa shape index (κ1) is 14.8. The number of hydrogen-bond donors (Lipinski definition) is 1. The van der Waals surface area contributed by atoms with Gasteiger partial charge in [-0.15, -0.1) is 0 Å². The highest BCUT2D eigenvalue weighted by atomic mass is 79.9. The highest BCUT2D eigenvalue weighted by molar-refractivity contribution is 9.10. The second kappa shape index (κ2) is 5.40. The van der Waals surface area contributed by atoms with Gasteiger partial charge >= 0.3 is 5.97 Å². The van der Waals surface area contributed by atoms with Crippen molar-refractivity contribution in [2.24, 2.45) is 7.05 Å². The number of hydrogen-bond acceptors (Lipinski definition) is 2. The number of aryl methyl sites for hydroxylation is 4. The minimum Gasteiger partial charge on any atom is -0.481 e. The molecule has 0 radical (unpaired) electrons. The van der Waals surface area contributed by atoms with Gasteiger partial charge in [-0.3, -0.25) is 9.48 Å². The summed E-state index contributed by atoms with van der Waals surface area (Å²) in [6.07, 6.45) is -0.0476. The number of aromatic nitrogens is 2. The first-order valence-corrected chi connectivity index (χ1v) is 7.12. The van der Waals surface area contributed by atoms with Gasteiger partial charge in [0.1, 0.15) is 5.69 Å². The second-order valence-corrected chi connectivity index (χ2v) is 5.87. The van der Waals surface area contributed by atoms with E-state index in [9.17, 15) is 4.79 Å². The molecule has 0 aliphatic carbocycles. The van der Waals surface area contributed by atoms with Gasteiger partial charge in [-0.2, -0.15) is 5.10 Å². The molecule has 5 heteroatoms. The molecule has 0 unspecified atom stereocenters. The van der Waals surface area contributed by atoms with Crippen molar-refractivity contribution in [2.75, 3.05) is 0 Å². The first-order chi connectivity index (χ1) is 9.31. The van der Waals surface area contributed by atoms with E-state index in [4.69, 9.17) is 5.11 Å². The van der Waals surface area contributed by atoms with Gasteiger partial charge in [0.2, 0.25) is 0 Å². The molecule has 0 fully saturated rings. The van der Waals surface area contributed by atoms with Crippen molar-refractivity contribution in [1.29, 1.82) is 0 Å². The van der Waals surface area contributed by atoms with E-state index in [0.717, 1.165) is 26.9 Å². The van der Waals surface area contributed by atoms with Gasteiger partial charge in [-0.05, 0) is 47.8 Å². The standard InChI is InChI=1S/C15H17BrN2O2/c1-8-5-9(2)13(10(3)6-8)15-14(16)11(7-12(19)20)18(4)17-15/h5-6H,7H2,1-4H3,(H,19,20). The lowest BCUT2D eigenvalue weighted by Crippen LogP contribution is -2.06. The predicted octanol–water partition coefficient (Wildman–Crippen LogP) is 3.40. The minimum absolute atomic E-state index is 0.0476. The van der Waals surface area contributed by atoms with Crippen LogP contribution >= 0.6 is 15.9 Å². The molecule has 106 valence electrons. The van der Waals surface area contributed by atoms with Crippen LogP contribution in [0.1, 0.15) is 22.4 Å². The third kappa shape index (κ3) is 2.63. The third-order valence-corrected chi connectivity index (χ3v) is 4.17. The topological polar surface area (TPSA) is 55.1 Å². The van der Waals surface area contributed by atoms with Crippen LogP contribution in [0.25, 0.3) is 11.3 Å². The van der Waals surface area contributed by atoms with E-state index in [2.05, 4.69) is 40.1 Å². The fourth-order valence-corrected chi connectivity index (χ4v) is 3.26. The van der Waals surface area contributed by atoms with Gasteiger partial charge in [0, 0.05) is 12.6 Å². The smallest absolute Gasteiger partial charge is 0.309 e. The molecule has 1 aromatic heterocycles. The summed E-state index contributed by atoms with van der Waals surface area (Å²) in [6, 6.07) is 4.22. The monoisotopic (exact) mass is 336 g/mol. The predicted molar refractivity (Wildman–Crippen MR) is 81.9 cm³/mol. The summed E-state index contributed by atoms with van der Waals surface area (Å²) in [5.41, 5.74) is 6.04. The number of carboxylic acids is 1. The van der Waals surface area contributed by atoms with E-state index in [-0.39, 0.29) is 6.42 Å².